The molecule has 150 valence electrons. The molecule has 1 aromatic heterocycles. The summed E-state index contributed by atoms with van der Waals surface area (Å²) >= 11 is 5.81. The first kappa shape index (κ1) is 19.9. The van der Waals surface area contributed by atoms with Gasteiger partial charge in [-0.3, -0.25) is 19.8 Å². The van der Waals surface area contributed by atoms with Gasteiger partial charge in [0, 0.05) is 16.7 Å². The van der Waals surface area contributed by atoms with Gasteiger partial charge < -0.3 is 19.6 Å². The number of nitro benzene ring substituents is 1. The van der Waals surface area contributed by atoms with Crippen LogP contribution in [0.5, 0.6) is 5.75 Å². The smallest absolute Gasteiger partial charge is 0.373 e. The summed E-state index contributed by atoms with van der Waals surface area (Å²) in [6.07, 6.45) is 1.07. The van der Waals surface area contributed by atoms with E-state index in [2.05, 4.69) is 10.1 Å². The highest BCUT2D eigenvalue weighted by Gasteiger charge is 2.35. The molecule has 1 aliphatic heterocycles. The number of halogens is 1. The number of imide groups is 1. The maximum atomic E-state index is 12.5. The van der Waals surface area contributed by atoms with E-state index in [4.69, 9.17) is 16.0 Å². The number of carbonyl (C=O) groups excluding carboxylic acids is 3. The van der Waals surface area contributed by atoms with Crippen molar-refractivity contribution in [3.05, 3.63) is 62.2 Å². The van der Waals surface area contributed by atoms with Crippen LogP contribution in [0.25, 0.3) is 6.08 Å². The van der Waals surface area contributed by atoms with Crippen molar-refractivity contribution < 1.29 is 33.6 Å². The Hall–Kier alpha value is -3.86. The lowest BCUT2D eigenvalue weighted by atomic mass is 10.1. The fourth-order valence-electron chi connectivity index (χ4n) is 2.55. The Labute approximate surface area is 167 Å². The standard InChI is InChI=1S/C17H12ClN3O8/c1-28-16(24)13-3-2-10(29-13)7-20-15(23)11(19-17(20)25)5-8-4-9(18)6-12(14(8)22)21(26)27/h2-6,22H,7H2,1H3,(H,19,25). The van der Waals surface area contributed by atoms with E-state index in [-0.39, 0.29) is 34.3 Å². The van der Waals surface area contributed by atoms with E-state index in [0.717, 1.165) is 17.0 Å². The molecule has 2 aromatic rings. The van der Waals surface area contributed by atoms with Crippen LogP contribution < -0.4 is 5.32 Å². The average Bonchev–Trinajstić information content (AvgIpc) is 3.24. The van der Waals surface area contributed by atoms with Crippen LogP contribution in [0.4, 0.5) is 10.5 Å². The SMILES string of the molecule is COC(=O)c1ccc(CN2C(=O)NC(=Cc3cc(Cl)cc([N+](=O)[O-])c3O)C2=O)o1. The number of nitrogens with zero attached hydrogens (tertiary/aromatic N) is 2. The molecule has 11 nitrogen and oxygen atoms in total. The van der Waals surface area contributed by atoms with Gasteiger partial charge in [0.1, 0.15) is 11.5 Å². The molecular weight excluding hydrogens is 410 g/mol. The number of rotatable bonds is 5. The Bertz CT molecular complexity index is 1070. The average molecular weight is 422 g/mol. The second kappa shape index (κ2) is 7.64. The number of nitro groups is 1. The van der Waals surface area contributed by atoms with Crippen molar-refractivity contribution in [2.45, 2.75) is 6.54 Å². The van der Waals surface area contributed by atoms with Crippen LogP contribution in [0.3, 0.4) is 0 Å². The number of ether oxygens (including phenoxy) is 1. The van der Waals surface area contributed by atoms with Gasteiger partial charge in [-0.2, -0.15) is 0 Å². The van der Waals surface area contributed by atoms with Crippen molar-refractivity contribution in [2.75, 3.05) is 7.11 Å². The molecule has 1 aromatic carbocycles. The Morgan fingerprint density at radius 2 is 2.14 bits per heavy atom. The molecule has 0 atom stereocenters. The predicted molar refractivity (Wildman–Crippen MR) is 96.9 cm³/mol. The topological polar surface area (TPSA) is 152 Å². The highest BCUT2D eigenvalue weighted by molar-refractivity contribution is 6.31. The van der Waals surface area contributed by atoms with Gasteiger partial charge in [0.15, 0.2) is 0 Å². The summed E-state index contributed by atoms with van der Waals surface area (Å²) in [7, 11) is 1.18. The zero-order valence-corrected chi connectivity index (χ0v) is 15.4. The number of phenols is 1. The van der Waals surface area contributed by atoms with Crippen molar-refractivity contribution in [1.29, 1.82) is 0 Å². The number of nitrogens with one attached hydrogen (secondary N) is 1. The maximum Gasteiger partial charge on any atom is 0.373 e. The lowest BCUT2D eigenvalue weighted by molar-refractivity contribution is -0.385. The molecule has 1 fully saturated rings. The Kier molecular flexibility index (Phi) is 5.24. The first-order valence-electron chi connectivity index (χ1n) is 7.89. The number of hydrogen-bond donors (Lipinski definition) is 2. The van der Waals surface area contributed by atoms with Crippen LogP contribution in [0.15, 0.2) is 34.4 Å². The molecule has 0 aliphatic carbocycles. The van der Waals surface area contributed by atoms with Crippen LogP contribution in [0.2, 0.25) is 5.02 Å². The molecule has 0 radical (unpaired) electrons. The molecule has 12 heteroatoms. The van der Waals surface area contributed by atoms with Crippen molar-refractivity contribution in [1.82, 2.24) is 10.2 Å². The Balaban J connectivity index is 1.86. The van der Waals surface area contributed by atoms with Crippen LogP contribution in [-0.2, 0) is 16.1 Å². The number of furan rings is 1. The van der Waals surface area contributed by atoms with Crippen molar-refractivity contribution >= 4 is 41.3 Å². The molecule has 0 saturated carbocycles. The largest absolute Gasteiger partial charge is 0.502 e. The fourth-order valence-corrected chi connectivity index (χ4v) is 2.78. The van der Waals surface area contributed by atoms with Crippen LogP contribution >= 0.6 is 11.6 Å². The number of phenolic OH excluding ortho intramolecular Hbond substituents is 1. The van der Waals surface area contributed by atoms with Gasteiger partial charge in [-0.25, -0.2) is 9.59 Å². The van der Waals surface area contributed by atoms with E-state index in [1.807, 2.05) is 0 Å². The number of esters is 1. The number of methoxy groups -OCH3 is 1. The van der Waals surface area contributed by atoms with Gasteiger partial charge in [0.2, 0.25) is 11.5 Å². The third-order valence-electron chi connectivity index (χ3n) is 3.91. The van der Waals surface area contributed by atoms with Crippen molar-refractivity contribution in [2.24, 2.45) is 0 Å². The minimum atomic E-state index is -0.833. The number of benzene rings is 1. The fraction of sp³-hybridized carbons (Fsp3) is 0.118. The zero-order valence-electron chi connectivity index (χ0n) is 14.7. The zero-order chi connectivity index (χ0) is 21.3. The minimum absolute atomic E-state index is 0.0408. The molecule has 0 bridgehead atoms. The summed E-state index contributed by atoms with van der Waals surface area (Å²) in [4.78, 5) is 47.0. The maximum absolute atomic E-state index is 12.5. The second-order valence-electron chi connectivity index (χ2n) is 5.76. The molecule has 0 unspecified atom stereocenters. The number of urea groups is 1. The van der Waals surface area contributed by atoms with Gasteiger partial charge in [-0.05, 0) is 24.3 Å². The molecule has 0 spiro atoms. The lowest BCUT2D eigenvalue weighted by Crippen LogP contribution is -2.30. The predicted octanol–water partition coefficient (Wildman–Crippen LogP) is 2.43. The van der Waals surface area contributed by atoms with E-state index in [0.29, 0.717) is 0 Å². The first-order valence-corrected chi connectivity index (χ1v) is 8.27. The third-order valence-corrected chi connectivity index (χ3v) is 4.12. The van der Waals surface area contributed by atoms with Crippen LogP contribution in [-0.4, -0.2) is 39.9 Å². The van der Waals surface area contributed by atoms with E-state index >= 15 is 0 Å². The van der Waals surface area contributed by atoms with Gasteiger partial charge in [0.25, 0.3) is 5.91 Å². The van der Waals surface area contributed by atoms with E-state index in [1.165, 1.54) is 25.3 Å². The summed E-state index contributed by atoms with van der Waals surface area (Å²) in [6, 6.07) is 4.11. The highest BCUT2D eigenvalue weighted by atomic mass is 35.5. The number of carbonyl (C=O) groups is 3. The Morgan fingerprint density at radius 1 is 1.41 bits per heavy atom. The van der Waals surface area contributed by atoms with Gasteiger partial charge in [-0.1, -0.05) is 11.6 Å². The van der Waals surface area contributed by atoms with Gasteiger partial charge >= 0.3 is 17.7 Å². The number of aromatic hydroxyl groups is 1. The lowest BCUT2D eigenvalue weighted by Gasteiger charge is -2.09. The normalized spacial score (nSPS) is 15.0. The van der Waals surface area contributed by atoms with Crippen LogP contribution in [0.1, 0.15) is 21.9 Å². The monoisotopic (exact) mass is 421 g/mol. The van der Waals surface area contributed by atoms with E-state index < -0.39 is 34.3 Å². The third kappa shape index (κ3) is 3.89. The summed E-state index contributed by atoms with van der Waals surface area (Å²) in [5.41, 5.74) is -1.01. The molecule has 1 saturated heterocycles. The molecule has 2 N–H and O–H groups in total. The molecule has 3 amide bonds. The highest BCUT2D eigenvalue weighted by Crippen LogP contribution is 2.35. The molecule has 3 rings (SSSR count). The van der Waals surface area contributed by atoms with Crippen LogP contribution in [0, 0.1) is 10.1 Å². The molecule has 29 heavy (non-hydrogen) atoms. The first-order chi connectivity index (χ1) is 13.7. The number of amides is 3. The molecule has 2 heterocycles. The summed E-state index contributed by atoms with van der Waals surface area (Å²) in [5.74, 6) is -2.14. The van der Waals surface area contributed by atoms with Gasteiger partial charge in [-0.15, -0.1) is 0 Å². The quantitative estimate of drug-likeness (QED) is 0.245. The number of hydrogen-bond acceptors (Lipinski definition) is 8. The summed E-state index contributed by atoms with van der Waals surface area (Å²) in [5, 5.41) is 23.3. The molecular formula is C17H12ClN3O8. The Morgan fingerprint density at radius 3 is 2.79 bits per heavy atom. The van der Waals surface area contributed by atoms with E-state index in [1.54, 1.807) is 0 Å². The van der Waals surface area contributed by atoms with Crippen molar-refractivity contribution in [3.63, 3.8) is 0 Å². The van der Waals surface area contributed by atoms with Gasteiger partial charge in [0.05, 0.1) is 18.6 Å². The van der Waals surface area contributed by atoms with Crippen molar-refractivity contribution in [3.8, 4) is 5.75 Å². The summed E-state index contributed by atoms with van der Waals surface area (Å²) < 4.78 is 9.73. The van der Waals surface area contributed by atoms with E-state index in [9.17, 15) is 29.6 Å². The molecule has 1 aliphatic rings. The second-order valence-corrected chi connectivity index (χ2v) is 6.19. The minimum Gasteiger partial charge on any atom is -0.502 e. The summed E-state index contributed by atoms with van der Waals surface area (Å²) in [6.45, 7) is -0.277.